The van der Waals surface area contributed by atoms with Crippen molar-refractivity contribution in [1.82, 2.24) is 4.90 Å². The van der Waals surface area contributed by atoms with Crippen LogP contribution in [0.1, 0.15) is 26.7 Å². The highest BCUT2D eigenvalue weighted by molar-refractivity contribution is 5.09. The molecule has 0 aromatic rings. The van der Waals surface area contributed by atoms with E-state index >= 15 is 0 Å². The number of hydrogen-bond donors (Lipinski definition) is 1. The Hall–Kier alpha value is -0.380. The molecule has 0 aromatic carbocycles. The fourth-order valence-corrected chi connectivity index (χ4v) is 2.71. The van der Waals surface area contributed by atoms with Crippen molar-refractivity contribution in [2.24, 2.45) is 11.8 Å². The van der Waals surface area contributed by atoms with E-state index in [4.69, 9.17) is 4.74 Å². The quantitative estimate of drug-likeness (QED) is 0.721. The van der Waals surface area contributed by atoms with E-state index < -0.39 is 0 Å². The van der Waals surface area contributed by atoms with Gasteiger partial charge in [-0.05, 0) is 38.6 Å². The van der Waals surface area contributed by atoms with E-state index in [1.54, 1.807) is 7.11 Å². The first-order valence-electron chi connectivity index (χ1n) is 6.56. The van der Waals surface area contributed by atoms with Crippen LogP contribution in [-0.2, 0) is 4.74 Å². The van der Waals surface area contributed by atoms with Gasteiger partial charge in [0.15, 0.2) is 0 Å². The molecule has 0 saturated carbocycles. The standard InChI is InChI=1S/C14H27NO2/c1-11-6-5-7-12(2)14(11)9-15(3)8-13(16)10-17-4/h6,12-14,16H,5,7-10H2,1-4H3/t12-,13-,14+/m0/s1. The highest BCUT2D eigenvalue weighted by Crippen LogP contribution is 2.30. The minimum absolute atomic E-state index is 0.381. The lowest BCUT2D eigenvalue weighted by atomic mass is 9.80. The lowest BCUT2D eigenvalue weighted by Gasteiger charge is -2.33. The molecule has 0 radical (unpaired) electrons. The van der Waals surface area contributed by atoms with E-state index in [-0.39, 0.29) is 6.10 Å². The molecule has 1 aliphatic carbocycles. The van der Waals surface area contributed by atoms with Crippen molar-refractivity contribution < 1.29 is 9.84 Å². The maximum atomic E-state index is 9.70. The molecule has 0 amide bonds. The van der Waals surface area contributed by atoms with Gasteiger partial charge in [-0.2, -0.15) is 0 Å². The molecule has 17 heavy (non-hydrogen) atoms. The molecule has 0 aromatic heterocycles. The van der Waals surface area contributed by atoms with Gasteiger partial charge in [-0.3, -0.25) is 0 Å². The summed E-state index contributed by atoms with van der Waals surface area (Å²) in [4.78, 5) is 2.22. The second-order valence-electron chi connectivity index (χ2n) is 5.44. The molecule has 0 bridgehead atoms. The number of nitrogens with zero attached hydrogens (tertiary/aromatic N) is 1. The molecule has 0 aliphatic heterocycles. The van der Waals surface area contributed by atoms with E-state index in [1.807, 2.05) is 0 Å². The van der Waals surface area contributed by atoms with Gasteiger partial charge in [0.1, 0.15) is 0 Å². The minimum atomic E-state index is -0.381. The van der Waals surface area contributed by atoms with Crippen LogP contribution in [0.15, 0.2) is 11.6 Å². The number of aliphatic hydroxyl groups excluding tert-OH is 1. The summed E-state index contributed by atoms with van der Waals surface area (Å²) in [5.74, 6) is 1.39. The van der Waals surface area contributed by atoms with Crippen molar-refractivity contribution in [1.29, 1.82) is 0 Å². The molecule has 0 spiro atoms. The summed E-state index contributed by atoms with van der Waals surface area (Å²) in [6.07, 6.45) is 4.49. The summed E-state index contributed by atoms with van der Waals surface area (Å²) < 4.78 is 4.95. The normalized spacial score (nSPS) is 27.1. The summed E-state index contributed by atoms with van der Waals surface area (Å²) in [6, 6.07) is 0. The van der Waals surface area contributed by atoms with Gasteiger partial charge in [0.25, 0.3) is 0 Å². The third-order valence-corrected chi connectivity index (χ3v) is 3.75. The second kappa shape index (κ2) is 7.14. The average Bonchev–Trinajstić information content (AvgIpc) is 2.24. The van der Waals surface area contributed by atoms with Gasteiger partial charge in [0.2, 0.25) is 0 Å². The molecule has 1 rings (SSSR count). The van der Waals surface area contributed by atoms with E-state index in [2.05, 4.69) is 31.9 Å². The number of likely N-dealkylation sites (N-methyl/N-ethyl adjacent to an activating group) is 1. The Balaban J connectivity index is 2.41. The van der Waals surface area contributed by atoms with Crippen LogP contribution in [0.4, 0.5) is 0 Å². The summed E-state index contributed by atoms with van der Waals surface area (Å²) in [6.45, 7) is 6.70. The zero-order valence-corrected chi connectivity index (χ0v) is 11.6. The van der Waals surface area contributed by atoms with E-state index in [9.17, 15) is 5.11 Å². The topological polar surface area (TPSA) is 32.7 Å². The van der Waals surface area contributed by atoms with Crippen LogP contribution in [0.5, 0.6) is 0 Å². The van der Waals surface area contributed by atoms with Crippen molar-refractivity contribution >= 4 is 0 Å². The minimum Gasteiger partial charge on any atom is -0.389 e. The molecule has 0 fully saturated rings. The van der Waals surface area contributed by atoms with Gasteiger partial charge in [-0.1, -0.05) is 18.6 Å². The number of methoxy groups -OCH3 is 1. The second-order valence-corrected chi connectivity index (χ2v) is 5.44. The molecule has 0 heterocycles. The Morgan fingerprint density at radius 1 is 1.59 bits per heavy atom. The molecular weight excluding hydrogens is 214 g/mol. The monoisotopic (exact) mass is 241 g/mol. The maximum Gasteiger partial charge on any atom is 0.0899 e. The third-order valence-electron chi connectivity index (χ3n) is 3.75. The summed E-state index contributed by atoms with van der Waals surface area (Å²) in [5, 5.41) is 9.70. The fourth-order valence-electron chi connectivity index (χ4n) is 2.71. The number of rotatable bonds is 6. The van der Waals surface area contributed by atoms with Crippen LogP contribution >= 0.6 is 0 Å². The van der Waals surface area contributed by atoms with Crippen molar-refractivity contribution in [2.75, 3.05) is 33.9 Å². The molecule has 3 atom stereocenters. The predicted octanol–water partition coefficient (Wildman–Crippen LogP) is 1.92. The molecule has 1 N–H and O–H groups in total. The molecule has 3 heteroatoms. The fraction of sp³-hybridized carbons (Fsp3) is 0.857. The Bertz CT molecular complexity index is 253. The van der Waals surface area contributed by atoms with Crippen LogP contribution < -0.4 is 0 Å². The smallest absolute Gasteiger partial charge is 0.0899 e. The molecule has 3 nitrogen and oxygen atoms in total. The number of aliphatic hydroxyl groups is 1. The van der Waals surface area contributed by atoms with Crippen LogP contribution in [0, 0.1) is 11.8 Å². The van der Waals surface area contributed by atoms with Crippen LogP contribution in [0.25, 0.3) is 0 Å². The van der Waals surface area contributed by atoms with Gasteiger partial charge in [0, 0.05) is 20.2 Å². The van der Waals surface area contributed by atoms with Crippen LogP contribution in [0.2, 0.25) is 0 Å². The molecule has 0 unspecified atom stereocenters. The van der Waals surface area contributed by atoms with E-state index in [1.165, 1.54) is 18.4 Å². The highest BCUT2D eigenvalue weighted by atomic mass is 16.5. The first-order chi connectivity index (χ1) is 8.04. The maximum absolute atomic E-state index is 9.70. The van der Waals surface area contributed by atoms with Crippen molar-refractivity contribution in [2.45, 2.75) is 32.8 Å². The van der Waals surface area contributed by atoms with Gasteiger partial charge >= 0.3 is 0 Å². The van der Waals surface area contributed by atoms with E-state index in [0.717, 1.165) is 12.5 Å². The SMILES string of the molecule is COC[C@@H](O)CN(C)C[C@@H]1C(C)=CCC[C@@H]1C. The lowest BCUT2D eigenvalue weighted by molar-refractivity contribution is 0.0395. The molecular formula is C14H27NO2. The van der Waals surface area contributed by atoms with Gasteiger partial charge in [-0.15, -0.1) is 0 Å². The average molecular weight is 241 g/mol. The Labute approximate surface area is 105 Å². The Morgan fingerprint density at radius 2 is 2.29 bits per heavy atom. The largest absolute Gasteiger partial charge is 0.389 e. The molecule has 0 saturated heterocycles. The van der Waals surface area contributed by atoms with Crippen LogP contribution in [0.3, 0.4) is 0 Å². The first-order valence-corrected chi connectivity index (χ1v) is 6.56. The van der Waals surface area contributed by atoms with Gasteiger partial charge in [0.05, 0.1) is 12.7 Å². The van der Waals surface area contributed by atoms with Crippen LogP contribution in [-0.4, -0.2) is 50.0 Å². The van der Waals surface area contributed by atoms with Crippen molar-refractivity contribution in [3.63, 3.8) is 0 Å². The summed E-state index contributed by atoms with van der Waals surface area (Å²) in [5.41, 5.74) is 1.51. The molecule has 1 aliphatic rings. The number of allylic oxidation sites excluding steroid dienone is 1. The Kier molecular flexibility index (Phi) is 6.17. The van der Waals surface area contributed by atoms with E-state index in [0.29, 0.717) is 19.1 Å². The van der Waals surface area contributed by atoms with Gasteiger partial charge in [-0.25, -0.2) is 0 Å². The van der Waals surface area contributed by atoms with Crippen molar-refractivity contribution in [3.8, 4) is 0 Å². The number of hydrogen-bond acceptors (Lipinski definition) is 3. The lowest BCUT2D eigenvalue weighted by Crippen LogP contribution is -2.37. The summed E-state index contributed by atoms with van der Waals surface area (Å²) >= 11 is 0. The zero-order chi connectivity index (χ0) is 12.8. The first kappa shape index (κ1) is 14.7. The molecule has 100 valence electrons. The summed E-state index contributed by atoms with van der Waals surface area (Å²) in [7, 11) is 3.70. The Morgan fingerprint density at radius 3 is 2.88 bits per heavy atom. The zero-order valence-electron chi connectivity index (χ0n) is 11.6. The third kappa shape index (κ3) is 4.78. The highest BCUT2D eigenvalue weighted by Gasteiger charge is 2.23. The number of ether oxygens (including phenoxy) is 1. The van der Waals surface area contributed by atoms with Gasteiger partial charge < -0.3 is 14.7 Å². The predicted molar refractivity (Wildman–Crippen MR) is 71.0 cm³/mol. The van der Waals surface area contributed by atoms with Crippen molar-refractivity contribution in [3.05, 3.63) is 11.6 Å².